The van der Waals surface area contributed by atoms with E-state index in [2.05, 4.69) is 4.74 Å². The molecule has 2 aromatic rings. The Labute approximate surface area is 111 Å². The molecule has 0 unspecified atom stereocenters. The monoisotopic (exact) mass is 255 g/mol. The van der Waals surface area contributed by atoms with Crippen LogP contribution in [0.2, 0.25) is 0 Å². The second-order valence-corrected chi connectivity index (χ2v) is 3.87. The first-order valence-corrected chi connectivity index (χ1v) is 5.76. The van der Waals surface area contributed by atoms with Gasteiger partial charge < -0.3 is 9.94 Å². The van der Waals surface area contributed by atoms with Crippen LogP contribution >= 0.6 is 0 Å². The predicted molar refractivity (Wildman–Crippen MR) is 72.7 cm³/mol. The third-order valence-electron chi connectivity index (χ3n) is 2.63. The molecule has 0 saturated heterocycles. The quantitative estimate of drug-likeness (QED) is 0.278. The molecule has 4 heteroatoms. The van der Waals surface area contributed by atoms with Crippen molar-refractivity contribution in [2.45, 2.75) is 0 Å². The van der Waals surface area contributed by atoms with Crippen molar-refractivity contribution in [1.82, 2.24) is 0 Å². The van der Waals surface area contributed by atoms with Crippen molar-refractivity contribution < 1.29 is 14.3 Å². The number of para-hydroxylation sites is 1. The Bertz CT molecular complexity index is 606. The molecule has 0 bridgehead atoms. The second-order valence-electron chi connectivity index (χ2n) is 3.87. The van der Waals surface area contributed by atoms with Crippen LogP contribution in [-0.2, 0) is 4.74 Å². The molecule has 0 atom stereocenters. The smallest absolute Gasteiger partial charge is 0.338 e. The molecule has 0 amide bonds. The van der Waals surface area contributed by atoms with Crippen LogP contribution in [0.5, 0.6) is 0 Å². The van der Waals surface area contributed by atoms with E-state index in [1.165, 1.54) is 13.3 Å². The number of carbonyl (C=O) groups excluding carboxylic acids is 1. The van der Waals surface area contributed by atoms with Crippen LogP contribution in [-0.4, -0.2) is 24.0 Å². The summed E-state index contributed by atoms with van der Waals surface area (Å²) in [5.41, 5.74) is 1.39. The van der Waals surface area contributed by atoms with Gasteiger partial charge in [-0.05, 0) is 12.1 Å². The third-order valence-corrected chi connectivity index (χ3v) is 2.63. The van der Waals surface area contributed by atoms with Crippen molar-refractivity contribution in [2.75, 3.05) is 7.11 Å². The number of ether oxygens (including phenoxy) is 1. The number of rotatable bonds is 3. The third kappa shape index (κ3) is 2.98. The van der Waals surface area contributed by atoms with Crippen molar-refractivity contribution in [3.63, 3.8) is 0 Å². The first-order valence-electron chi connectivity index (χ1n) is 5.76. The molecule has 4 nitrogen and oxygen atoms in total. The molecule has 0 heterocycles. The Kier molecular flexibility index (Phi) is 3.93. The molecule has 0 radical (unpaired) electrons. The van der Waals surface area contributed by atoms with E-state index in [0.29, 0.717) is 16.8 Å². The molecule has 19 heavy (non-hydrogen) atoms. The van der Waals surface area contributed by atoms with Crippen molar-refractivity contribution in [1.29, 1.82) is 0 Å². The molecule has 2 aromatic carbocycles. The number of hydrogen-bond acceptors (Lipinski definition) is 3. The van der Waals surface area contributed by atoms with Gasteiger partial charge in [-0.1, -0.05) is 30.3 Å². The lowest BCUT2D eigenvalue weighted by atomic mass is 10.1. The summed E-state index contributed by atoms with van der Waals surface area (Å²) in [7, 11) is 1.31. The molecular formula is C15H13NO3. The number of methoxy groups -OCH3 is 1. The van der Waals surface area contributed by atoms with Crippen molar-refractivity contribution in [3.8, 4) is 0 Å². The molecule has 0 aromatic heterocycles. The highest BCUT2D eigenvalue weighted by Gasteiger charge is 2.12. The fraction of sp³-hybridized carbons (Fsp3) is 0.0667. The van der Waals surface area contributed by atoms with E-state index in [1.807, 2.05) is 6.07 Å². The van der Waals surface area contributed by atoms with Gasteiger partial charge in [0.1, 0.15) is 0 Å². The minimum absolute atomic E-state index is 0.363. The molecule has 0 saturated carbocycles. The van der Waals surface area contributed by atoms with Crippen molar-refractivity contribution in [2.24, 2.45) is 0 Å². The fourth-order valence-electron chi connectivity index (χ4n) is 1.68. The van der Waals surface area contributed by atoms with E-state index in [-0.39, 0.29) is 0 Å². The lowest BCUT2D eigenvalue weighted by molar-refractivity contribution is -0.354. The first kappa shape index (κ1) is 12.8. The highest BCUT2D eigenvalue weighted by molar-refractivity contribution is 5.98. The zero-order valence-electron chi connectivity index (χ0n) is 10.4. The van der Waals surface area contributed by atoms with E-state index >= 15 is 0 Å². The van der Waals surface area contributed by atoms with Crippen LogP contribution in [0.25, 0.3) is 0 Å². The summed E-state index contributed by atoms with van der Waals surface area (Å²) in [4.78, 5) is 11.6. The molecule has 0 aliphatic heterocycles. The first-order chi connectivity index (χ1) is 9.22. The number of hydrogen-bond donors (Lipinski definition) is 0. The normalized spacial score (nSPS) is 11.1. The average molecular weight is 255 g/mol. The standard InChI is InChI=1S/C15H13NO3/c1-19-15(17)14-10-6-5-7-12(14)11-16(18)13-8-3-2-4-9-13/h2-11H,1H3. The van der Waals surface area contributed by atoms with Gasteiger partial charge in [-0.3, -0.25) is 0 Å². The van der Waals surface area contributed by atoms with Gasteiger partial charge in [-0.15, -0.1) is 0 Å². The number of carbonyl (C=O) groups is 1. The van der Waals surface area contributed by atoms with Gasteiger partial charge >= 0.3 is 5.97 Å². The zero-order chi connectivity index (χ0) is 13.7. The maximum atomic E-state index is 12.0. The van der Waals surface area contributed by atoms with Gasteiger partial charge in [-0.25, -0.2) is 4.79 Å². The van der Waals surface area contributed by atoms with Gasteiger partial charge in [0.05, 0.1) is 18.2 Å². The molecular weight excluding hydrogens is 242 g/mol. The summed E-state index contributed by atoms with van der Waals surface area (Å²) in [6.07, 6.45) is 1.36. The maximum Gasteiger partial charge on any atom is 0.338 e. The Morgan fingerprint density at radius 1 is 1.11 bits per heavy atom. The minimum Gasteiger partial charge on any atom is -0.618 e. The van der Waals surface area contributed by atoms with E-state index in [1.54, 1.807) is 48.5 Å². The summed E-state index contributed by atoms with van der Waals surface area (Å²) >= 11 is 0. The molecule has 0 spiro atoms. The number of benzene rings is 2. The van der Waals surface area contributed by atoms with E-state index in [0.717, 1.165) is 4.74 Å². The van der Waals surface area contributed by atoms with Crippen LogP contribution < -0.4 is 0 Å². The molecule has 0 aliphatic rings. The molecule has 0 N–H and O–H groups in total. The maximum absolute atomic E-state index is 12.0. The average Bonchev–Trinajstić information content (AvgIpc) is 2.48. The predicted octanol–water partition coefficient (Wildman–Crippen LogP) is 2.73. The zero-order valence-corrected chi connectivity index (χ0v) is 10.4. The van der Waals surface area contributed by atoms with Gasteiger partial charge in [0.15, 0.2) is 6.21 Å². The Hall–Kier alpha value is -2.62. The Morgan fingerprint density at radius 2 is 1.74 bits per heavy atom. The van der Waals surface area contributed by atoms with Crippen LogP contribution in [0.1, 0.15) is 15.9 Å². The van der Waals surface area contributed by atoms with Crippen LogP contribution in [0.4, 0.5) is 5.69 Å². The highest BCUT2D eigenvalue weighted by Crippen LogP contribution is 2.12. The highest BCUT2D eigenvalue weighted by atomic mass is 16.5. The molecule has 96 valence electrons. The number of nitrogens with zero attached hydrogens (tertiary/aromatic N) is 1. The number of esters is 1. The van der Waals surface area contributed by atoms with Gasteiger partial charge in [-0.2, -0.15) is 4.74 Å². The van der Waals surface area contributed by atoms with E-state index in [9.17, 15) is 10.0 Å². The Morgan fingerprint density at radius 3 is 2.42 bits per heavy atom. The van der Waals surface area contributed by atoms with Crippen molar-refractivity contribution >= 4 is 17.9 Å². The van der Waals surface area contributed by atoms with Crippen LogP contribution in [0.3, 0.4) is 0 Å². The lowest BCUT2D eigenvalue weighted by Gasteiger charge is -2.05. The van der Waals surface area contributed by atoms with E-state index < -0.39 is 5.97 Å². The molecule has 0 aliphatic carbocycles. The van der Waals surface area contributed by atoms with Crippen LogP contribution in [0.15, 0.2) is 54.6 Å². The summed E-state index contributed by atoms with van der Waals surface area (Å²) in [5, 5.41) is 12.0. The van der Waals surface area contributed by atoms with Gasteiger partial charge in [0, 0.05) is 12.1 Å². The lowest BCUT2D eigenvalue weighted by Crippen LogP contribution is -2.08. The largest absolute Gasteiger partial charge is 0.618 e. The Balaban J connectivity index is 2.41. The minimum atomic E-state index is -0.465. The van der Waals surface area contributed by atoms with Crippen molar-refractivity contribution in [3.05, 3.63) is 70.9 Å². The second kappa shape index (κ2) is 5.82. The van der Waals surface area contributed by atoms with Crippen LogP contribution in [0, 0.1) is 5.21 Å². The summed E-state index contributed by atoms with van der Waals surface area (Å²) in [5.74, 6) is -0.465. The summed E-state index contributed by atoms with van der Waals surface area (Å²) in [6, 6.07) is 15.6. The summed E-state index contributed by atoms with van der Waals surface area (Å²) < 4.78 is 5.41. The van der Waals surface area contributed by atoms with Gasteiger partial charge in [0.2, 0.25) is 5.69 Å². The van der Waals surface area contributed by atoms with Gasteiger partial charge in [0.25, 0.3) is 0 Å². The summed E-state index contributed by atoms with van der Waals surface area (Å²) in [6.45, 7) is 0. The van der Waals surface area contributed by atoms with E-state index in [4.69, 9.17) is 0 Å². The molecule has 0 fully saturated rings. The molecule has 2 rings (SSSR count). The SMILES string of the molecule is COC(=O)c1ccccc1C=[N+]([O-])c1ccccc1. The topological polar surface area (TPSA) is 52.4 Å². The fourth-order valence-corrected chi connectivity index (χ4v) is 1.68.